The molecule has 1 N–H and O–H groups in total. The summed E-state index contributed by atoms with van der Waals surface area (Å²) < 4.78 is 4.70. The fourth-order valence-corrected chi connectivity index (χ4v) is 3.08. The Balaban J connectivity index is 2.22. The number of hydrogen-bond donors (Lipinski definition) is 1. The number of amides is 2. The van der Waals surface area contributed by atoms with E-state index in [0.717, 1.165) is 11.1 Å². The molecule has 0 bridgehead atoms. The second-order valence-electron chi connectivity index (χ2n) is 6.20. The Bertz CT molecular complexity index is 661. The van der Waals surface area contributed by atoms with Crippen molar-refractivity contribution < 1.29 is 24.2 Å². The van der Waals surface area contributed by atoms with Crippen molar-refractivity contribution >= 4 is 18.0 Å². The van der Waals surface area contributed by atoms with Crippen LogP contribution in [0.25, 0.3) is 0 Å². The lowest BCUT2D eigenvalue weighted by Gasteiger charge is -2.38. The highest BCUT2D eigenvalue weighted by Crippen LogP contribution is 2.25. The predicted octanol–water partition coefficient (Wildman–Crippen LogP) is 1.75. The maximum absolute atomic E-state index is 12.9. The molecule has 1 aliphatic rings. The number of aliphatic carboxylic acids is 1. The van der Waals surface area contributed by atoms with Crippen molar-refractivity contribution in [3.8, 4) is 0 Å². The van der Waals surface area contributed by atoms with Crippen LogP contribution < -0.4 is 0 Å². The molecule has 2 amide bonds. The van der Waals surface area contributed by atoms with Crippen molar-refractivity contribution in [2.75, 3.05) is 20.2 Å². The van der Waals surface area contributed by atoms with E-state index >= 15 is 0 Å². The molecular formula is C18H24N2O5. The molecule has 7 nitrogen and oxygen atoms in total. The van der Waals surface area contributed by atoms with Gasteiger partial charge in [-0.2, -0.15) is 0 Å². The summed E-state index contributed by atoms with van der Waals surface area (Å²) in [6, 6.07) is 6.25. The lowest BCUT2D eigenvalue weighted by Crippen LogP contribution is -2.54. The molecule has 0 spiro atoms. The Hall–Kier alpha value is -2.57. The summed E-state index contributed by atoms with van der Waals surface area (Å²) in [6.07, 6.45) is 0.279. The van der Waals surface area contributed by atoms with Crippen LogP contribution in [0.5, 0.6) is 0 Å². The molecule has 25 heavy (non-hydrogen) atoms. The molecule has 0 saturated heterocycles. The van der Waals surface area contributed by atoms with Crippen LogP contribution in [0.2, 0.25) is 0 Å². The fourth-order valence-electron chi connectivity index (χ4n) is 3.08. The van der Waals surface area contributed by atoms with E-state index in [1.807, 2.05) is 24.3 Å². The third-order valence-corrected chi connectivity index (χ3v) is 4.53. The zero-order valence-corrected chi connectivity index (χ0v) is 14.8. The number of fused-ring (bicyclic) bond motifs is 1. The Morgan fingerprint density at radius 3 is 2.52 bits per heavy atom. The molecule has 2 rings (SSSR count). The summed E-state index contributed by atoms with van der Waals surface area (Å²) in [5.74, 6) is -1.90. The van der Waals surface area contributed by atoms with Gasteiger partial charge in [0.25, 0.3) is 0 Å². The summed E-state index contributed by atoms with van der Waals surface area (Å²) in [6.45, 7) is 4.30. The van der Waals surface area contributed by atoms with Crippen molar-refractivity contribution in [3.63, 3.8) is 0 Å². The molecule has 0 fully saturated rings. The van der Waals surface area contributed by atoms with E-state index in [9.17, 15) is 19.5 Å². The van der Waals surface area contributed by atoms with Crippen LogP contribution in [-0.4, -0.2) is 59.1 Å². The molecule has 0 radical (unpaired) electrons. The van der Waals surface area contributed by atoms with Gasteiger partial charge in [-0.15, -0.1) is 0 Å². The second-order valence-corrected chi connectivity index (χ2v) is 6.20. The largest absolute Gasteiger partial charge is 0.480 e. The number of benzene rings is 1. The van der Waals surface area contributed by atoms with Gasteiger partial charge in [0.05, 0.1) is 13.0 Å². The van der Waals surface area contributed by atoms with E-state index in [1.165, 1.54) is 16.9 Å². The smallest absolute Gasteiger partial charge is 0.326 e. The highest BCUT2D eigenvalue weighted by molar-refractivity contribution is 5.84. The average molecular weight is 348 g/mol. The first-order chi connectivity index (χ1) is 11.9. The fraction of sp³-hybridized carbons (Fsp3) is 0.500. The van der Waals surface area contributed by atoms with E-state index in [0.29, 0.717) is 6.54 Å². The van der Waals surface area contributed by atoms with E-state index in [2.05, 4.69) is 0 Å². The number of rotatable bonds is 5. The quantitative estimate of drug-likeness (QED) is 0.819. The van der Waals surface area contributed by atoms with Crippen molar-refractivity contribution in [2.45, 2.75) is 32.9 Å². The first kappa shape index (κ1) is 18.8. The zero-order valence-electron chi connectivity index (χ0n) is 14.8. The minimum absolute atomic E-state index is 0.187. The van der Waals surface area contributed by atoms with Crippen LogP contribution in [0.4, 0.5) is 4.79 Å². The van der Waals surface area contributed by atoms with Gasteiger partial charge in [-0.05, 0) is 18.1 Å². The minimum Gasteiger partial charge on any atom is -0.480 e. The molecule has 0 saturated carbocycles. The molecule has 1 heterocycles. The monoisotopic (exact) mass is 348 g/mol. The molecule has 0 aliphatic carbocycles. The number of methoxy groups -OCH3 is 1. The first-order valence-corrected chi connectivity index (χ1v) is 8.32. The second kappa shape index (κ2) is 8.00. The number of urea groups is 1. The molecular weight excluding hydrogens is 324 g/mol. The number of hydrogen-bond acceptors (Lipinski definition) is 4. The van der Waals surface area contributed by atoms with Crippen LogP contribution in [-0.2, 0) is 27.3 Å². The van der Waals surface area contributed by atoms with Gasteiger partial charge in [0.15, 0.2) is 0 Å². The topological polar surface area (TPSA) is 87.2 Å². The zero-order chi connectivity index (χ0) is 18.6. The van der Waals surface area contributed by atoms with Gasteiger partial charge >= 0.3 is 18.0 Å². The Kier molecular flexibility index (Phi) is 6.01. The number of esters is 1. The summed E-state index contributed by atoms with van der Waals surface area (Å²) >= 11 is 0. The number of ether oxygens (including phenoxy) is 1. The average Bonchev–Trinajstić information content (AvgIpc) is 2.63. The molecule has 1 aliphatic heterocycles. The lowest BCUT2D eigenvalue weighted by molar-refractivity contribution is -0.146. The predicted molar refractivity (Wildman–Crippen MR) is 90.9 cm³/mol. The summed E-state index contributed by atoms with van der Waals surface area (Å²) in [7, 11) is 1.30. The van der Waals surface area contributed by atoms with Crippen molar-refractivity contribution in [3.05, 3.63) is 35.4 Å². The third-order valence-electron chi connectivity index (χ3n) is 4.53. The van der Waals surface area contributed by atoms with Crippen LogP contribution >= 0.6 is 0 Å². The molecule has 7 heteroatoms. The maximum Gasteiger partial charge on any atom is 0.326 e. The van der Waals surface area contributed by atoms with Crippen molar-refractivity contribution in [1.82, 2.24) is 9.80 Å². The highest BCUT2D eigenvalue weighted by Gasteiger charge is 2.36. The summed E-state index contributed by atoms with van der Waals surface area (Å²) in [5.41, 5.74) is 1.90. The van der Waals surface area contributed by atoms with Gasteiger partial charge in [0.2, 0.25) is 0 Å². The Morgan fingerprint density at radius 1 is 1.32 bits per heavy atom. The van der Waals surface area contributed by atoms with E-state index < -0.39 is 23.9 Å². The molecule has 1 aromatic carbocycles. The van der Waals surface area contributed by atoms with E-state index in [1.54, 1.807) is 13.8 Å². The SMILES string of the molecule is CCN(CC(C)C(=O)OC)C(=O)N1Cc2ccccc2C[C@H]1C(=O)O. The van der Waals surface area contributed by atoms with Gasteiger partial charge in [0, 0.05) is 26.1 Å². The molecule has 1 unspecified atom stereocenters. The van der Waals surface area contributed by atoms with Gasteiger partial charge in [-0.3, -0.25) is 4.79 Å². The van der Waals surface area contributed by atoms with E-state index in [4.69, 9.17) is 4.74 Å². The molecule has 136 valence electrons. The maximum atomic E-state index is 12.9. The third kappa shape index (κ3) is 4.10. The van der Waals surface area contributed by atoms with Gasteiger partial charge in [-0.1, -0.05) is 31.2 Å². The summed E-state index contributed by atoms with van der Waals surface area (Å²) in [5, 5.41) is 9.56. The van der Waals surface area contributed by atoms with Crippen LogP contribution in [0.1, 0.15) is 25.0 Å². The number of carboxylic acids is 1. The highest BCUT2D eigenvalue weighted by atomic mass is 16.5. The van der Waals surface area contributed by atoms with Crippen molar-refractivity contribution in [1.29, 1.82) is 0 Å². The summed E-state index contributed by atoms with van der Waals surface area (Å²) in [4.78, 5) is 39.1. The van der Waals surface area contributed by atoms with Crippen LogP contribution in [0.3, 0.4) is 0 Å². The molecule has 0 aromatic heterocycles. The van der Waals surface area contributed by atoms with Crippen LogP contribution in [0.15, 0.2) is 24.3 Å². The Labute approximate surface area is 147 Å². The standard InChI is InChI=1S/C18H24N2O5/c1-4-19(10-12(2)17(23)25-3)18(24)20-11-14-8-6-5-7-13(14)9-15(20)16(21)22/h5-8,12,15H,4,9-11H2,1-3H3,(H,21,22)/t12?,15-/m0/s1. The van der Waals surface area contributed by atoms with E-state index in [-0.39, 0.29) is 25.5 Å². The van der Waals surface area contributed by atoms with Crippen LogP contribution in [0, 0.1) is 5.92 Å². The van der Waals surface area contributed by atoms with Crippen molar-refractivity contribution in [2.24, 2.45) is 5.92 Å². The minimum atomic E-state index is -1.03. The Morgan fingerprint density at radius 2 is 1.96 bits per heavy atom. The lowest BCUT2D eigenvalue weighted by atomic mass is 9.94. The normalized spacial score (nSPS) is 17.4. The number of carbonyl (C=O) groups excluding carboxylic acids is 2. The van der Waals surface area contributed by atoms with Gasteiger partial charge in [-0.25, -0.2) is 9.59 Å². The molecule has 1 aromatic rings. The van der Waals surface area contributed by atoms with Gasteiger partial charge < -0.3 is 19.6 Å². The van der Waals surface area contributed by atoms with Gasteiger partial charge in [0.1, 0.15) is 6.04 Å². The molecule has 2 atom stereocenters. The first-order valence-electron chi connectivity index (χ1n) is 8.32. The number of carbonyl (C=O) groups is 3. The number of carboxylic acid groups (broad SMARTS) is 1. The number of nitrogens with zero attached hydrogens (tertiary/aromatic N) is 2.